The van der Waals surface area contributed by atoms with E-state index in [-0.39, 0.29) is 5.91 Å². The van der Waals surface area contributed by atoms with Gasteiger partial charge in [-0.05, 0) is 48.4 Å². The van der Waals surface area contributed by atoms with Gasteiger partial charge in [-0.1, -0.05) is 13.0 Å². The van der Waals surface area contributed by atoms with Crippen molar-refractivity contribution < 1.29 is 23.7 Å². The summed E-state index contributed by atoms with van der Waals surface area (Å²) < 4.78 is 21.4. The van der Waals surface area contributed by atoms with Crippen molar-refractivity contribution in [1.29, 1.82) is 0 Å². The van der Waals surface area contributed by atoms with Gasteiger partial charge in [-0.2, -0.15) is 0 Å². The molecule has 1 amide bonds. The molecule has 146 valence electrons. The first-order valence-electron chi connectivity index (χ1n) is 8.97. The second-order valence-corrected chi connectivity index (χ2v) is 5.88. The SMILES string of the molecule is CCCOc1ccc(CNC(=O)c2ccc(OCCOC)cc2)cc1OC. The smallest absolute Gasteiger partial charge is 0.251 e. The Morgan fingerprint density at radius 1 is 0.926 bits per heavy atom. The van der Waals surface area contributed by atoms with Crippen molar-refractivity contribution in [1.82, 2.24) is 5.32 Å². The van der Waals surface area contributed by atoms with Crippen LogP contribution in [-0.2, 0) is 11.3 Å². The number of carbonyl (C=O) groups is 1. The molecule has 0 fully saturated rings. The van der Waals surface area contributed by atoms with Gasteiger partial charge in [0.25, 0.3) is 5.91 Å². The highest BCUT2D eigenvalue weighted by Crippen LogP contribution is 2.28. The first-order valence-corrected chi connectivity index (χ1v) is 8.97. The number of hydrogen-bond acceptors (Lipinski definition) is 5. The summed E-state index contributed by atoms with van der Waals surface area (Å²) in [7, 11) is 3.23. The zero-order valence-corrected chi connectivity index (χ0v) is 16.1. The molecule has 0 heterocycles. The van der Waals surface area contributed by atoms with Gasteiger partial charge in [0.1, 0.15) is 12.4 Å². The Hall–Kier alpha value is -2.73. The van der Waals surface area contributed by atoms with Crippen LogP contribution >= 0.6 is 0 Å². The average molecular weight is 373 g/mol. The van der Waals surface area contributed by atoms with Crippen molar-refractivity contribution in [3.63, 3.8) is 0 Å². The maximum Gasteiger partial charge on any atom is 0.251 e. The molecule has 27 heavy (non-hydrogen) atoms. The van der Waals surface area contributed by atoms with Gasteiger partial charge in [0.05, 0.1) is 20.3 Å². The van der Waals surface area contributed by atoms with Crippen molar-refractivity contribution in [2.75, 3.05) is 34.0 Å². The third-order valence-electron chi connectivity index (χ3n) is 3.82. The van der Waals surface area contributed by atoms with Gasteiger partial charge in [0, 0.05) is 19.2 Å². The number of amides is 1. The molecule has 0 atom stereocenters. The van der Waals surface area contributed by atoms with E-state index in [0.717, 1.165) is 12.0 Å². The highest BCUT2D eigenvalue weighted by molar-refractivity contribution is 5.94. The molecule has 0 radical (unpaired) electrons. The lowest BCUT2D eigenvalue weighted by Gasteiger charge is -2.12. The Balaban J connectivity index is 1.90. The summed E-state index contributed by atoms with van der Waals surface area (Å²) in [4.78, 5) is 12.3. The van der Waals surface area contributed by atoms with E-state index < -0.39 is 0 Å². The van der Waals surface area contributed by atoms with Crippen molar-refractivity contribution >= 4 is 5.91 Å². The fourth-order valence-corrected chi connectivity index (χ4v) is 2.38. The van der Waals surface area contributed by atoms with E-state index in [4.69, 9.17) is 18.9 Å². The number of benzene rings is 2. The summed E-state index contributed by atoms with van der Waals surface area (Å²) in [6.45, 7) is 4.08. The van der Waals surface area contributed by atoms with Crippen LogP contribution in [0.15, 0.2) is 42.5 Å². The number of hydrogen-bond donors (Lipinski definition) is 1. The molecule has 2 rings (SSSR count). The lowest BCUT2D eigenvalue weighted by Crippen LogP contribution is -2.22. The van der Waals surface area contributed by atoms with Gasteiger partial charge < -0.3 is 24.3 Å². The highest BCUT2D eigenvalue weighted by atomic mass is 16.5. The summed E-state index contributed by atoms with van der Waals surface area (Å²) >= 11 is 0. The fraction of sp³-hybridized carbons (Fsp3) is 0.381. The topological polar surface area (TPSA) is 66.0 Å². The first kappa shape index (κ1) is 20.6. The van der Waals surface area contributed by atoms with E-state index in [1.165, 1.54) is 0 Å². The van der Waals surface area contributed by atoms with E-state index in [1.807, 2.05) is 18.2 Å². The van der Waals surface area contributed by atoms with Gasteiger partial charge >= 0.3 is 0 Å². The quantitative estimate of drug-likeness (QED) is 0.611. The minimum absolute atomic E-state index is 0.149. The van der Waals surface area contributed by atoms with E-state index in [2.05, 4.69) is 12.2 Å². The molecule has 0 aliphatic heterocycles. The Morgan fingerprint density at radius 2 is 1.70 bits per heavy atom. The van der Waals surface area contributed by atoms with Crippen molar-refractivity contribution in [3.8, 4) is 17.2 Å². The molecule has 0 saturated carbocycles. The summed E-state index contributed by atoms with van der Waals surface area (Å²) in [6, 6.07) is 12.7. The van der Waals surface area contributed by atoms with Gasteiger partial charge in [0.2, 0.25) is 0 Å². The van der Waals surface area contributed by atoms with Gasteiger partial charge in [-0.3, -0.25) is 4.79 Å². The zero-order chi connectivity index (χ0) is 19.5. The van der Waals surface area contributed by atoms with Crippen LogP contribution in [0.2, 0.25) is 0 Å². The Kier molecular flexibility index (Phi) is 8.45. The molecule has 0 bridgehead atoms. The van der Waals surface area contributed by atoms with Crippen molar-refractivity contribution in [2.45, 2.75) is 19.9 Å². The van der Waals surface area contributed by atoms with Gasteiger partial charge in [-0.15, -0.1) is 0 Å². The predicted octanol–water partition coefficient (Wildman–Crippen LogP) is 3.44. The summed E-state index contributed by atoms with van der Waals surface area (Å²) in [6.07, 6.45) is 0.928. The number of nitrogens with one attached hydrogen (secondary N) is 1. The summed E-state index contributed by atoms with van der Waals surface area (Å²) in [5.74, 6) is 1.92. The maximum atomic E-state index is 12.3. The van der Waals surface area contributed by atoms with E-state index >= 15 is 0 Å². The highest BCUT2D eigenvalue weighted by Gasteiger charge is 2.09. The molecule has 0 aliphatic rings. The van der Waals surface area contributed by atoms with Crippen LogP contribution in [0.4, 0.5) is 0 Å². The number of rotatable bonds is 11. The molecule has 0 spiro atoms. The predicted molar refractivity (Wildman–Crippen MR) is 104 cm³/mol. The average Bonchev–Trinajstić information content (AvgIpc) is 2.71. The number of methoxy groups -OCH3 is 2. The van der Waals surface area contributed by atoms with Crippen LogP contribution in [0, 0.1) is 0 Å². The Labute approximate surface area is 160 Å². The molecule has 6 heteroatoms. The van der Waals surface area contributed by atoms with Crippen molar-refractivity contribution in [2.24, 2.45) is 0 Å². The maximum absolute atomic E-state index is 12.3. The minimum atomic E-state index is -0.149. The standard InChI is InChI=1S/C21H27NO5/c1-4-11-27-19-10-5-16(14-20(19)25-3)15-22-21(23)17-6-8-18(9-7-17)26-13-12-24-2/h5-10,14H,4,11-13,15H2,1-3H3,(H,22,23). The lowest BCUT2D eigenvalue weighted by atomic mass is 10.1. The summed E-state index contributed by atoms with van der Waals surface area (Å²) in [5, 5.41) is 2.90. The molecule has 0 aliphatic carbocycles. The van der Waals surface area contributed by atoms with Crippen LogP contribution in [0.1, 0.15) is 29.3 Å². The van der Waals surface area contributed by atoms with Crippen molar-refractivity contribution in [3.05, 3.63) is 53.6 Å². The minimum Gasteiger partial charge on any atom is -0.493 e. The van der Waals surface area contributed by atoms with E-state index in [1.54, 1.807) is 38.5 Å². The molecule has 0 unspecified atom stereocenters. The van der Waals surface area contributed by atoms with Crippen LogP contribution in [0.3, 0.4) is 0 Å². The summed E-state index contributed by atoms with van der Waals surface area (Å²) in [5.41, 5.74) is 1.51. The Morgan fingerprint density at radius 3 is 2.37 bits per heavy atom. The monoisotopic (exact) mass is 373 g/mol. The van der Waals surface area contributed by atoms with Crippen LogP contribution < -0.4 is 19.5 Å². The van der Waals surface area contributed by atoms with Crippen LogP contribution in [-0.4, -0.2) is 39.9 Å². The van der Waals surface area contributed by atoms with Gasteiger partial charge in [-0.25, -0.2) is 0 Å². The molecule has 0 aromatic heterocycles. The molecule has 6 nitrogen and oxygen atoms in total. The second kappa shape index (κ2) is 11.1. The molecule has 0 saturated heterocycles. The fourth-order valence-electron chi connectivity index (χ4n) is 2.38. The van der Waals surface area contributed by atoms with E-state index in [9.17, 15) is 4.79 Å². The van der Waals surface area contributed by atoms with Crippen LogP contribution in [0.25, 0.3) is 0 Å². The number of ether oxygens (including phenoxy) is 4. The zero-order valence-electron chi connectivity index (χ0n) is 16.1. The molecule has 2 aromatic rings. The largest absolute Gasteiger partial charge is 0.493 e. The second-order valence-electron chi connectivity index (χ2n) is 5.88. The third-order valence-corrected chi connectivity index (χ3v) is 3.82. The Bertz CT molecular complexity index is 715. The molecule has 1 N–H and O–H groups in total. The lowest BCUT2D eigenvalue weighted by molar-refractivity contribution is 0.0950. The first-order chi connectivity index (χ1) is 13.2. The van der Waals surface area contributed by atoms with E-state index in [0.29, 0.717) is 49.2 Å². The molecular weight excluding hydrogens is 346 g/mol. The third kappa shape index (κ3) is 6.49. The number of carbonyl (C=O) groups excluding carboxylic acids is 1. The normalized spacial score (nSPS) is 10.3. The molecule has 2 aromatic carbocycles. The molecular formula is C21H27NO5. The van der Waals surface area contributed by atoms with Gasteiger partial charge in [0.15, 0.2) is 11.5 Å². The van der Waals surface area contributed by atoms with Crippen LogP contribution in [0.5, 0.6) is 17.2 Å².